The predicted molar refractivity (Wildman–Crippen MR) is 194 cm³/mol. The number of aromatic amines is 2. The third kappa shape index (κ3) is 6.35. The Morgan fingerprint density at radius 2 is 1.62 bits per heavy atom. The maximum absolute atomic E-state index is 13.1. The Labute approximate surface area is 299 Å². The second kappa shape index (κ2) is 12.9. The number of rotatable bonds is 9. The molecule has 0 bridgehead atoms. The number of para-hydroxylation sites is 6. The summed E-state index contributed by atoms with van der Waals surface area (Å²) in [6.45, 7) is 1.82. The molecule has 1 fully saturated rings. The smallest absolute Gasteiger partial charge is 0.505 e. The van der Waals surface area contributed by atoms with Gasteiger partial charge in [0.15, 0.2) is 5.75 Å². The summed E-state index contributed by atoms with van der Waals surface area (Å²) in [7, 11) is 0. The number of halogens is 3. The van der Waals surface area contributed by atoms with Crippen molar-refractivity contribution in [2.24, 2.45) is 0 Å². The number of nitrogens with zero attached hydrogens (tertiary/aromatic N) is 4. The van der Waals surface area contributed by atoms with Crippen LogP contribution in [0, 0.1) is 5.41 Å². The molecule has 15 heteroatoms. The van der Waals surface area contributed by atoms with Gasteiger partial charge in [0.25, 0.3) is 0 Å². The second-order valence-corrected chi connectivity index (χ2v) is 12.9. The number of nitrogens with one attached hydrogen (secondary N) is 3. The molecule has 4 heterocycles. The van der Waals surface area contributed by atoms with E-state index in [-0.39, 0.29) is 35.7 Å². The Bertz CT molecular complexity index is 2460. The van der Waals surface area contributed by atoms with E-state index in [0.717, 1.165) is 16.6 Å². The Morgan fingerprint density at radius 3 is 2.40 bits per heavy atom. The molecule has 1 aliphatic rings. The number of anilines is 2. The van der Waals surface area contributed by atoms with Crippen molar-refractivity contribution in [1.82, 2.24) is 24.5 Å². The van der Waals surface area contributed by atoms with Crippen molar-refractivity contribution in [3.63, 3.8) is 0 Å². The highest BCUT2D eigenvalue weighted by Gasteiger charge is 2.42. The van der Waals surface area contributed by atoms with E-state index in [1.807, 2.05) is 73.7 Å². The average molecular weight is 723 g/mol. The Hall–Kier alpha value is -6.48. The molecule has 1 aliphatic heterocycles. The minimum Gasteiger partial charge on any atom is -0.505 e. The van der Waals surface area contributed by atoms with Crippen LogP contribution in [0.15, 0.2) is 97.2 Å². The van der Waals surface area contributed by atoms with Gasteiger partial charge in [0.1, 0.15) is 52.4 Å². The van der Waals surface area contributed by atoms with Crippen LogP contribution in [0.4, 0.5) is 24.7 Å². The van der Waals surface area contributed by atoms with E-state index in [1.54, 1.807) is 4.57 Å². The fourth-order valence-electron chi connectivity index (χ4n) is 6.89. The number of alkyl halides is 3. The molecule has 3 atom stereocenters. The van der Waals surface area contributed by atoms with Crippen molar-refractivity contribution in [3.05, 3.63) is 109 Å². The molecule has 12 nitrogen and oxygen atoms in total. The van der Waals surface area contributed by atoms with Crippen molar-refractivity contribution in [1.29, 1.82) is 5.41 Å². The number of hydrogen-bond acceptors (Lipinski definition) is 8. The first-order valence-corrected chi connectivity index (χ1v) is 16.7. The van der Waals surface area contributed by atoms with E-state index in [2.05, 4.69) is 24.7 Å². The van der Waals surface area contributed by atoms with E-state index in [9.17, 15) is 23.4 Å². The van der Waals surface area contributed by atoms with Crippen LogP contribution in [0.2, 0.25) is 0 Å². The fraction of sp³-hybridized carbons (Fsp3) is 0.184. The molecule has 8 rings (SSSR count). The summed E-state index contributed by atoms with van der Waals surface area (Å²) in [6, 6.07) is 26.1. The standard InChI is InChI=1S/C38H33F3N8O4/c1-20(52-30-12-6-4-10-26(30)48-18-28(50)32(34(48)42)36-44-22-8-2-3-9-23(22)45-36)16-21-14-15-24-25(17-21)47-37(46-24)33-29(51)19-49(35(33)43)27-11-5-7-13-31(27)53-38(39,40)41/h2-15,17-18,20,29,33,43,50-51H,16,19,42H2,1H3,(H,44,45)(H,46,47). The third-order valence-corrected chi connectivity index (χ3v) is 9.21. The number of nitrogen functional groups attached to an aromatic ring is 1. The van der Waals surface area contributed by atoms with Gasteiger partial charge in [-0.2, -0.15) is 0 Å². The number of H-pyrrole nitrogens is 2. The molecular formula is C38H33F3N8O4. The summed E-state index contributed by atoms with van der Waals surface area (Å²) in [5, 5.41) is 30.7. The van der Waals surface area contributed by atoms with E-state index in [0.29, 0.717) is 46.1 Å². The molecule has 0 saturated carbocycles. The maximum atomic E-state index is 13.1. The quantitative estimate of drug-likeness (QED) is 0.0921. The average Bonchev–Trinajstić information content (AvgIpc) is 3.87. The van der Waals surface area contributed by atoms with E-state index in [4.69, 9.17) is 15.9 Å². The van der Waals surface area contributed by atoms with Gasteiger partial charge in [-0.05, 0) is 61.0 Å². The zero-order chi connectivity index (χ0) is 37.0. The highest BCUT2D eigenvalue weighted by atomic mass is 19.4. The minimum absolute atomic E-state index is 0.0215. The van der Waals surface area contributed by atoms with Crippen LogP contribution in [-0.4, -0.2) is 65.7 Å². The number of benzene rings is 4. The van der Waals surface area contributed by atoms with Gasteiger partial charge < -0.3 is 40.3 Å². The van der Waals surface area contributed by atoms with Crippen LogP contribution in [0.1, 0.15) is 24.2 Å². The lowest BCUT2D eigenvalue weighted by molar-refractivity contribution is -0.274. The van der Waals surface area contributed by atoms with Crippen molar-refractivity contribution >= 4 is 39.4 Å². The van der Waals surface area contributed by atoms with Crippen LogP contribution < -0.4 is 20.1 Å². The number of fused-ring (bicyclic) bond motifs is 2. The first kappa shape index (κ1) is 33.7. The monoisotopic (exact) mass is 722 g/mol. The molecule has 3 aromatic heterocycles. The first-order chi connectivity index (χ1) is 25.4. The Balaban J connectivity index is 0.998. The zero-order valence-corrected chi connectivity index (χ0v) is 28.1. The number of hydrogen-bond donors (Lipinski definition) is 6. The third-order valence-electron chi connectivity index (χ3n) is 9.21. The van der Waals surface area contributed by atoms with Crippen LogP contribution >= 0.6 is 0 Å². The fourth-order valence-corrected chi connectivity index (χ4v) is 6.89. The lowest BCUT2D eigenvalue weighted by Gasteiger charge is -2.22. The van der Waals surface area contributed by atoms with Gasteiger partial charge in [-0.3, -0.25) is 9.98 Å². The summed E-state index contributed by atoms with van der Waals surface area (Å²) in [5.41, 5.74) is 11.4. The van der Waals surface area contributed by atoms with Gasteiger partial charge in [0, 0.05) is 6.42 Å². The molecule has 270 valence electrons. The normalized spacial score (nSPS) is 16.8. The zero-order valence-electron chi connectivity index (χ0n) is 28.1. The largest absolute Gasteiger partial charge is 0.573 e. The van der Waals surface area contributed by atoms with Crippen molar-refractivity contribution < 1.29 is 32.9 Å². The van der Waals surface area contributed by atoms with Crippen LogP contribution in [0.25, 0.3) is 39.1 Å². The van der Waals surface area contributed by atoms with Gasteiger partial charge in [-0.25, -0.2) is 9.97 Å². The molecule has 53 heavy (non-hydrogen) atoms. The minimum atomic E-state index is -4.92. The molecule has 0 amide bonds. The van der Waals surface area contributed by atoms with Crippen molar-refractivity contribution in [3.8, 4) is 34.3 Å². The summed E-state index contributed by atoms with van der Waals surface area (Å²) < 4.78 is 51.5. The number of imidazole rings is 2. The van der Waals surface area contributed by atoms with E-state index in [1.165, 1.54) is 35.4 Å². The summed E-state index contributed by atoms with van der Waals surface area (Å²) in [6.07, 6.45) is -4.31. The molecule has 4 aromatic carbocycles. The number of nitrogens with two attached hydrogens (primary N) is 1. The second-order valence-electron chi connectivity index (χ2n) is 12.9. The molecule has 7 N–H and O–H groups in total. The predicted octanol–water partition coefficient (Wildman–Crippen LogP) is 7.04. The van der Waals surface area contributed by atoms with Gasteiger partial charge in [-0.1, -0.05) is 42.5 Å². The molecule has 7 aromatic rings. The Kier molecular flexibility index (Phi) is 8.21. The number of amidine groups is 1. The number of aliphatic hydroxyl groups is 1. The van der Waals surface area contributed by atoms with Gasteiger partial charge in [-0.15, -0.1) is 13.2 Å². The number of aromatic hydroxyl groups is 1. The molecule has 1 saturated heterocycles. The summed E-state index contributed by atoms with van der Waals surface area (Å²) in [4.78, 5) is 17.0. The van der Waals surface area contributed by atoms with Crippen LogP contribution in [0.3, 0.4) is 0 Å². The molecule has 0 aliphatic carbocycles. The van der Waals surface area contributed by atoms with Crippen LogP contribution in [0.5, 0.6) is 17.2 Å². The van der Waals surface area contributed by atoms with Crippen molar-refractivity contribution in [2.45, 2.75) is 37.8 Å². The van der Waals surface area contributed by atoms with Crippen molar-refractivity contribution in [2.75, 3.05) is 17.2 Å². The summed E-state index contributed by atoms with van der Waals surface area (Å²) in [5.74, 6) is 0.0729. The maximum Gasteiger partial charge on any atom is 0.573 e. The SMILES string of the molecule is CC(Cc1ccc2nc(C3C(=N)N(c4ccccc4OC(F)(F)F)CC3O)[nH]c2c1)Oc1ccccc1-n1cc(O)c(-c2nc3ccccc3[nH]2)c1N. The molecular weight excluding hydrogens is 689 g/mol. The molecule has 0 spiro atoms. The number of ether oxygens (including phenoxy) is 2. The lowest BCUT2D eigenvalue weighted by Crippen LogP contribution is -2.28. The molecule has 3 unspecified atom stereocenters. The lowest BCUT2D eigenvalue weighted by atomic mass is 10.1. The Morgan fingerprint density at radius 1 is 0.925 bits per heavy atom. The van der Waals surface area contributed by atoms with Gasteiger partial charge in [0.2, 0.25) is 0 Å². The number of aliphatic hydroxyl groups excluding tert-OH is 1. The summed E-state index contributed by atoms with van der Waals surface area (Å²) >= 11 is 0. The van der Waals surface area contributed by atoms with Gasteiger partial charge >= 0.3 is 6.36 Å². The van der Waals surface area contributed by atoms with Gasteiger partial charge in [0.05, 0.1) is 52.3 Å². The van der Waals surface area contributed by atoms with E-state index >= 15 is 0 Å². The number of β-amino-alcohol motifs (C(OH)–C–C–N with tert-alkyl or cyclic N) is 1. The topological polar surface area (TPSA) is 174 Å². The van der Waals surface area contributed by atoms with E-state index < -0.39 is 24.1 Å². The number of aromatic nitrogens is 5. The first-order valence-electron chi connectivity index (χ1n) is 16.7. The van der Waals surface area contributed by atoms with Crippen LogP contribution in [-0.2, 0) is 6.42 Å². The molecule has 0 radical (unpaired) electrons. The highest BCUT2D eigenvalue weighted by Crippen LogP contribution is 2.41. The highest BCUT2D eigenvalue weighted by molar-refractivity contribution is 6.04.